The van der Waals surface area contributed by atoms with Gasteiger partial charge >= 0.3 is 5.97 Å². The molecule has 0 aliphatic heterocycles. The van der Waals surface area contributed by atoms with Crippen molar-refractivity contribution in [1.82, 2.24) is 9.97 Å². The van der Waals surface area contributed by atoms with Gasteiger partial charge in [-0.3, -0.25) is 9.59 Å². The highest BCUT2D eigenvalue weighted by Crippen LogP contribution is 2.17. The Hall–Kier alpha value is -4.07. The summed E-state index contributed by atoms with van der Waals surface area (Å²) in [5, 5.41) is 5.69. The Bertz CT molecular complexity index is 1060. The number of benzene rings is 2. The van der Waals surface area contributed by atoms with Crippen molar-refractivity contribution in [1.29, 1.82) is 0 Å². The van der Waals surface area contributed by atoms with E-state index in [1.165, 1.54) is 32.5 Å². The predicted octanol–water partition coefficient (Wildman–Crippen LogP) is 3.46. The van der Waals surface area contributed by atoms with Gasteiger partial charge < -0.3 is 15.4 Å². The molecule has 0 saturated carbocycles. The number of nitrogens with one attached hydrogen (secondary N) is 2. The second-order valence-electron chi connectivity index (χ2n) is 6.08. The lowest BCUT2D eigenvalue weighted by atomic mass is 10.1. The van der Waals surface area contributed by atoms with Crippen molar-refractivity contribution in [2.24, 2.45) is 0 Å². The van der Waals surface area contributed by atoms with Crippen LogP contribution in [0.2, 0.25) is 0 Å². The Labute approximate surface area is 167 Å². The van der Waals surface area contributed by atoms with Crippen LogP contribution in [-0.2, 0) is 4.74 Å². The number of ketones is 1. The Morgan fingerprint density at radius 1 is 0.897 bits per heavy atom. The summed E-state index contributed by atoms with van der Waals surface area (Å²) in [4.78, 5) is 43.7. The number of amides is 1. The summed E-state index contributed by atoms with van der Waals surface area (Å²) in [5.74, 6) is -0.576. The summed E-state index contributed by atoms with van der Waals surface area (Å²) in [5.41, 5.74) is 2.13. The maximum absolute atomic E-state index is 12.4. The Morgan fingerprint density at radius 2 is 1.59 bits per heavy atom. The van der Waals surface area contributed by atoms with Crippen LogP contribution in [0.15, 0.2) is 60.9 Å². The summed E-state index contributed by atoms with van der Waals surface area (Å²) < 4.78 is 4.66. The monoisotopic (exact) mass is 390 g/mol. The molecular weight excluding hydrogens is 372 g/mol. The van der Waals surface area contributed by atoms with Crippen LogP contribution in [0.1, 0.15) is 38.1 Å². The molecule has 2 N–H and O–H groups in total. The van der Waals surface area contributed by atoms with E-state index in [-0.39, 0.29) is 11.5 Å². The van der Waals surface area contributed by atoms with Gasteiger partial charge in [0.25, 0.3) is 5.91 Å². The molecule has 3 aromatic rings. The molecule has 146 valence electrons. The van der Waals surface area contributed by atoms with Gasteiger partial charge in [0.2, 0.25) is 0 Å². The molecule has 0 fully saturated rings. The smallest absolute Gasteiger partial charge is 0.337 e. The van der Waals surface area contributed by atoms with E-state index in [4.69, 9.17) is 0 Å². The van der Waals surface area contributed by atoms with E-state index < -0.39 is 11.9 Å². The second kappa shape index (κ2) is 8.75. The number of esters is 1. The number of methoxy groups -OCH3 is 1. The molecule has 0 unspecified atom stereocenters. The number of hydrogen-bond donors (Lipinski definition) is 2. The van der Waals surface area contributed by atoms with Crippen LogP contribution in [0.3, 0.4) is 0 Å². The number of ether oxygens (including phenoxy) is 1. The number of carbonyl (C=O) groups is 3. The highest BCUT2D eigenvalue weighted by molar-refractivity contribution is 6.03. The lowest BCUT2D eigenvalue weighted by Crippen LogP contribution is -2.14. The Balaban J connectivity index is 1.68. The number of hydrogen-bond acceptors (Lipinski definition) is 7. The fraction of sp³-hybridized carbons (Fsp3) is 0.0952. The number of anilines is 3. The van der Waals surface area contributed by atoms with E-state index >= 15 is 0 Å². The molecule has 0 spiro atoms. The van der Waals surface area contributed by atoms with E-state index in [0.717, 1.165) is 0 Å². The average molecular weight is 390 g/mol. The number of carbonyl (C=O) groups excluding carboxylic acids is 3. The molecule has 0 aliphatic rings. The summed E-state index contributed by atoms with van der Waals surface area (Å²) in [6.45, 7) is 1.49. The first-order valence-corrected chi connectivity index (χ1v) is 8.66. The summed E-state index contributed by atoms with van der Waals surface area (Å²) in [6.07, 6.45) is 2.75. The van der Waals surface area contributed by atoms with Gasteiger partial charge in [-0.1, -0.05) is 18.2 Å². The van der Waals surface area contributed by atoms with Crippen LogP contribution in [-0.4, -0.2) is 34.7 Å². The van der Waals surface area contributed by atoms with Gasteiger partial charge in [0.1, 0.15) is 11.5 Å². The molecule has 1 aromatic heterocycles. The zero-order valence-electron chi connectivity index (χ0n) is 15.8. The number of Topliss-reactive ketones (excluding diaryl/α,β-unsaturated/α-hetero) is 1. The van der Waals surface area contributed by atoms with Crippen molar-refractivity contribution in [3.8, 4) is 0 Å². The topological polar surface area (TPSA) is 110 Å². The van der Waals surface area contributed by atoms with Crippen LogP contribution < -0.4 is 10.6 Å². The highest BCUT2D eigenvalue weighted by Gasteiger charge is 2.11. The van der Waals surface area contributed by atoms with Crippen molar-refractivity contribution >= 4 is 34.9 Å². The van der Waals surface area contributed by atoms with Crippen molar-refractivity contribution in [3.63, 3.8) is 0 Å². The van der Waals surface area contributed by atoms with E-state index in [9.17, 15) is 14.4 Å². The first-order valence-electron chi connectivity index (χ1n) is 8.66. The minimum Gasteiger partial charge on any atom is -0.465 e. The van der Waals surface area contributed by atoms with Gasteiger partial charge in [0.15, 0.2) is 5.78 Å². The lowest BCUT2D eigenvalue weighted by Gasteiger charge is -2.08. The van der Waals surface area contributed by atoms with Crippen LogP contribution in [0.5, 0.6) is 0 Å². The van der Waals surface area contributed by atoms with E-state index in [1.807, 2.05) is 0 Å². The Morgan fingerprint density at radius 3 is 2.24 bits per heavy atom. The molecule has 3 rings (SSSR count). The van der Waals surface area contributed by atoms with E-state index in [2.05, 4.69) is 25.3 Å². The lowest BCUT2D eigenvalue weighted by molar-refractivity contribution is 0.0600. The summed E-state index contributed by atoms with van der Waals surface area (Å²) >= 11 is 0. The molecule has 1 heterocycles. The van der Waals surface area contributed by atoms with E-state index in [1.54, 1.807) is 42.5 Å². The molecule has 8 heteroatoms. The molecule has 29 heavy (non-hydrogen) atoms. The molecule has 0 aliphatic carbocycles. The maximum atomic E-state index is 12.4. The van der Waals surface area contributed by atoms with Gasteiger partial charge in [0.05, 0.1) is 25.1 Å². The second-order valence-corrected chi connectivity index (χ2v) is 6.08. The summed E-state index contributed by atoms with van der Waals surface area (Å²) in [6, 6.07) is 13.4. The Kier molecular flexibility index (Phi) is 5.94. The quantitative estimate of drug-likeness (QED) is 0.490. The van der Waals surface area contributed by atoms with Crippen LogP contribution >= 0.6 is 0 Å². The molecule has 2 aromatic carbocycles. The van der Waals surface area contributed by atoms with Crippen molar-refractivity contribution in [2.45, 2.75) is 6.92 Å². The number of aromatic nitrogens is 2. The van der Waals surface area contributed by atoms with Crippen LogP contribution in [0, 0.1) is 0 Å². The molecule has 0 bridgehead atoms. The number of nitrogens with zero attached hydrogens (tertiary/aromatic N) is 2. The van der Waals surface area contributed by atoms with Gasteiger partial charge in [-0.2, -0.15) is 0 Å². The van der Waals surface area contributed by atoms with Gasteiger partial charge in [-0.25, -0.2) is 14.8 Å². The van der Waals surface area contributed by atoms with Crippen molar-refractivity contribution in [2.75, 3.05) is 17.7 Å². The number of rotatable bonds is 6. The fourth-order valence-corrected chi connectivity index (χ4v) is 2.51. The van der Waals surface area contributed by atoms with E-state index in [0.29, 0.717) is 28.3 Å². The van der Waals surface area contributed by atoms with Crippen molar-refractivity contribution < 1.29 is 19.1 Å². The third kappa shape index (κ3) is 5.01. The normalized spacial score (nSPS) is 10.1. The maximum Gasteiger partial charge on any atom is 0.337 e. The molecule has 0 atom stereocenters. The van der Waals surface area contributed by atoms with Gasteiger partial charge in [-0.15, -0.1) is 0 Å². The van der Waals surface area contributed by atoms with Crippen LogP contribution in [0.25, 0.3) is 0 Å². The first kappa shape index (κ1) is 19.7. The molecule has 0 saturated heterocycles. The highest BCUT2D eigenvalue weighted by atomic mass is 16.5. The zero-order chi connectivity index (χ0) is 20.8. The minimum absolute atomic E-state index is 0.0389. The average Bonchev–Trinajstić information content (AvgIpc) is 2.74. The predicted molar refractivity (Wildman–Crippen MR) is 107 cm³/mol. The first-order chi connectivity index (χ1) is 14.0. The SMILES string of the molecule is COC(=O)c1cccc(NC(=O)c2cnc(Nc3cccc(C(C)=O)c3)cn2)c1. The van der Waals surface area contributed by atoms with Gasteiger partial charge in [-0.05, 0) is 37.3 Å². The molecular formula is C21H18N4O4. The van der Waals surface area contributed by atoms with Gasteiger partial charge in [0, 0.05) is 16.9 Å². The zero-order valence-corrected chi connectivity index (χ0v) is 15.8. The minimum atomic E-state index is -0.495. The third-order valence-corrected chi connectivity index (χ3v) is 3.97. The summed E-state index contributed by atoms with van der Waals surface area (Å²) in [7, 11) is 1.29. The standard InChI is InChI=1S/C21H18N4O4/c1-13(26)14-5-3-7-16(9-14)24-19-12-22-18(11-23-19)20(27)25-17-8-4-6-15(10-17)21(28)29-2/h3-12H,1-2H3,(H,23,24)(H,25,27). The molecule has 8 nitrogen and oxygen atoms in total. The van der Waals surface area contributed by atoms with Crippen LogP contribution in [0.4, 0.5) is 17.2 Å². The van der Waals surface area contributed by atoms with Crippen molar-refractivity contribution in [3.05, 3.63) is 77.7 Å². The molecule has 1 amide bonds. The largest absolute Gasteiger partial charge is 0.465 e. The third-order valence-electron chi connectivity index (χ3n) is 3.97. The molecule has 0 radical (unpaired) electrons. The fourth-order valence-electron chi connectivity index (χ4n) is 2.51.